The van der Waals surface area contributed by atoms with Gasteiger partial charge in [-0.25, -0.2) is 8.42 Å². The zero-order valence-electron chi connectivity index (χ0n) is 12.3. The van der Waals surface area contributed by atoms with Crippen molar-refractivity contribution >= 4 is 10.0 Å². The summed E-state index contributed by atoms with van der Waals surface area (Å²) >= 11 is 0. The Labute approximate surface area is 126 Å². The summed E-state index contributed by atoms with van der Waals surface area (Å²) in [6.45, 7) is 1.08. The van der Waals surface area contributed by atoms with Gasteiger partial charge in [0.05, 0.1) is 4.90 Å². The van der Waals surface area contributed by atoms with E-state index < -0.39 is 10.0 Å². The summed E-state index contributed by atoms with van der Waals surface area (Å²) in [6.07, 6.45) is 0. The lowest BCUT2D eigenvalue weighted by atomic mass is 10.2. The van der Waals surface area contributed by atoms with Gasteiger partial charge in [-0.05, 0) is 30.3 Å². The van der Waals surface area contributed by atoms with E-state index in [4.69, 9.17) is 0 Å². The van der Waals surface area contributed by atoms with Gasteiger partial charge in [0.1, 0.15) is 0 Å². The van der Waals surface area contributed by atoms with Gasteiger partial charge >= 0.3 is 0 Å². The van der Waals surface area contributed by atoms with Crippen LogP contribution in [-0.2, 0) is 23.1 Å². The van der Waals surface area contributed by atoms with Crippen molar-refractivity contribution in [1.29, 1.82) is 0 Å². The van der Waals surface area contributed by atoms with Gasteiger partial charge in [-0.3, -0.25) is 0 Å². The molecule has 0 aromatic heterocycles. The highest BCUT2D eigenvalue weighted by atomic mass is 32.2. The third-order valence-electron chi connectivity index (χ3n) is 3.26. The Bertz CT molecular complexity index is 667. The molecule has 0 bridgehead atoms. The van der Waals surface area contributed by atoms with E-state index in [1.165, 1.54) is 4.31 Å². The molecule has 0 saturated carbocycles. The minimum atomic E-state index is -3.46. The quantitative estimate of drug-likeness (QED) is 0.890. The number of hydrogen-bond acceptors (Lipinski definition) is 3. The molecule has 0 aliphatic rings. The molecule has 1 N–H and O–H groups in total. The van der Waals surface area contributed by atoms with E-state index in [9.17, 15) is 8.42 Å². The van der Waals surface area contributed by atoms with Crippen LogP contribution in [0.1, 0.15) is 11.1 Å². The Balaban J connectivity index is 2.16. The van der Waals surface area contributed by atoms with Crippen molar-refractivity contribution in [2.24, 2.45) is 0 Å². The Kier molecular flexibility index (Phi) is 5.12. The number of rotatable bonds is 6. The highest BCUT2D eigenvalue weighted by Crippen LogP contribution is 2.17. The molecule has 4 nitrogen and oxygen atoms in total. The third kappa shape index (κ3) is 3.91. The zero-order chi connectivity index (χ0) is 15.3. The maximum absolute atomic E-state index is 12.5. The van der Waals surface area contributed by atoms with Crippen LogP contribution in [0.15, 0.2) is 59.5 Å². The minimum absolute atomic E-state index is 0.320. The molecular formula is C16H20N2O2S. The maximum Gasteiger partial charge on any atom is 0.243 e. The lowest BCUT2D eigenvalue weighted by Crippen LogP contribution is -2.26. The average molecular weight is 304 g/mol. The predicted octanol–water partition coefficient (Wildman–Crippen LogP) is 2.23. The van der Waals surface area contributed by atoms with Crippen LogP contribution in [0.4, 0.5) is 0 Å². The van der Waals surface area contributed by atoms with Crippen LogP contribution in [0.5, 0.6) is 0 Å². The summed E-state index contributed by atoms with van der Waals surface area (Å²) in [5, 5.41) is 3.04. The summed E-state index contributed by atoms with van der Waals surface area (Å²) in [5.41, 5.74) is 2.03. The topological polar surface area (TPSA) is 49.4 Å². The van der Waals surface area contributed by atoms with Gasteiger partial charge in [-0.2, -0.15) is 4.31 Å². The molecule has 0 spiro atoms. The van der Waals surface area contributed by atoms with Crippen LogP contribution >= 0.6 is 0 Å². The molecule has 0 unspecified atom stereocenters. The second-order valence-corrected chi connectivity index (χ2v) is 6.97. The second kappa shape index (κ2) is 6.85. The van der Waals surface area contributed by atoms with Crippen molar-refractivity contribution < 1.29 is 8.42 Å². The lowest BCUT2D eigenvalue weighted by molar-refractivity contribution is 0.466. The van der Waals surface area contributed by atoms with E-state index in [0.717, 1.165) is 17.7 Å². The van der Waals surface area contributed by atoms with Crippen molar-refractivity contribution in [3.05, 3.63) is 65.7 Å². The number of sulfonamides is 1. The normalized spacial score (nSPS) is 11.8. The predicted molar refractivity (Wildman–Crippen MR) is 84.3 cm³/mol. The van der Waals surface area contributed by atoms with Crippen LogP contribution in [-0.4, -0.2) is 26.8 Å². The fourth-order valence-electron chi connectivity index (χ4n) is 2.09. The smallest absolute Gasteiger partial charge is 0.243 e. The molecule has 0 fully saturated rings. The van der Waals surface area contributed by atoms with Crippen molar-refractivity contribution in [2.45, 2.75) is 18.0 Å². The van der Waals surface area contributed by atoms with Crippen molar-refractivity contribution in [3.63, 3.8) is 0 Å². The van der Waals surface area contributed by atoms with E-state index >= 15 is 0 Å². The summed E-state index contributed by atoms with van der Waals surface area (Å²) in [6, 6.07) is 16.5. The number of nitrogens with zero attached hydrogens (tertiary/aromatic N) is 1. The van der Waals surface area contributed by atoms with Crippen molar-refractivity contribution in [2.75, 3.05) is 14.1 Å². The fraction of sp³-hybridized carbons (Fsp3) is 0.250. The molecule has 112 valence electrons. The van der Waals surface area contributed by atoms with Gasteiger partial charge in [-0.15, -0.1) is 0 Å². The van der Waals surface area contributed by atoms with Gasteiger partial charge in [0.25, 0.3) is 0 Å². The number of nitrogens with one attached hydrogen (secondary N) is 1. The molecule has 0 saturated heterocycles. The standard InChI is InChI=1S/C16H20N2O2S/c1-17-12-14-8-10-16(11-9-14)21(19,20)18(2)13-15-6-4-3-5-7-15/h3-11,17H,12-13H2,1-2H3. The Morgan fingerprint density at radius 1 is 0.952 bits per heavy atom. The number of benzene rings is 2. The van der Waals surface area contributed by atoms with E-state index in [0.29, 0.717) is 11.4 Å². The Morgan fingerprint density at radius 3 is 2.14 bits per heavy atom. The van der Waals surface area contributed by atoms with Gasteiger partial charge in [0.2, 0.25) is 10.0 Å². The van der Waals surface area contributed by atoms with Gasteiger partial charge in [0, 0.05) is 20.1 Å². The van der Waals surface area contributed by atoms with Gasteiger partial charge in [-0.1, -0.05) is 42.5 Å². The number of hydrogen-bond donors (Lipinski definition) is 1. The monoisotopic (exact) mass is 304 g/mol. The first-order valence-electron chi connectivity index (χ1n) is 6.78. The van der Waals surface area contributed by atoms with Crippen LogP contribution in [0.2, 0.25) is 0 Å². The second-order valence-electron chi connectivity index (χ2n) is 4.92. The largest absolute Gasteiger partial charge is 0.316 e. The molecule has 0 aliphatic carbocycles. The van der Waals surface area contributed by atoms with E-state index in [2.05, 4.69) is 5.32 Å². The molecule has 0 heterocycles. The lowest BCUT2D eigenvalue weighted by Gasteiger charge is -2.17. The minimum Gasteiger partial charge on any atom is -0.316 e. The third-order valence-corrected chi connectivity index (χ3v) is 5.08. The van der Waals surface area contributed by atoms with Gasteiger partial charge < -0.3 is 5.32 Å². The fourth-order valence-corrected chi connectivity index (χ4v) is 3.25. The van der Waals surface area contributed by atoms with E-state index in [1.54, 1.807) is 19.2 Å². The van der Waals surface area contributed by atoms with Gasteiger partial charge in [0.15, 0.2) is 0 Å². The molecular weight excluding hydrogens is 284 g/mol. The zero-order valence-corrected chi connectivity index (χ0v) is 13.1. The van der Waals surface area contributed by atoms with Crippen LogP contribution in [0, 0.1) is 0 Å². The molecule has 2 aromatic carbocycles. The summed E-state index contributed by atoms with van der Waals surface area (Å²) in [5.74, 6) is 0. The van der Waals surface area contributed by atoms with Crippen molar-refractivity contribution in [1.82, 2.24) is 9.62 Å². The molecule has 0 aliphatic heterocycles. The SMILES string of the molecule is CNCc1ccc(S(=O)(=O)N(C)Cc2ccccc2)cc1. The van der Waals surface area contributed by atoms with E-state index in [-0.39, 0.29) is 0 Å². The van der Waals surface area contributed by atoms with Crippen LogP contribution in [0.3, 0.4) is 0 Å². The molecule has 0 radical (unpaired) electrons. The Morgan fingerprint density at radius 2 is 1.57 bits per heavy atom. The summed E-state index contributed by atoms with van der Waals surface area (Å²) < 4.78 is 26.4. The molecule has 0 amide bonds. The van der Waals surface area contributed by atoms with Crippen LogP contribution in [0.25, 0.3) is 0 Å². The van der Waals surface area contributed by atoms with E-state index in [1.807, 2.05) is 49.5 Å². The summed E-state index contributed by atoms with van der Waals surface area (Å²) in [7, 11) is 0.00450. The van der Waals surface area contributed by atoms with Crippen molar-refractivity contribution in [3.8, 4) is 0 Å². The molecule has 21 heavy (non-hydrogen) atoms. The Hall–Kier alpha value is -1.69. The first-order valence-corrected chi connectivity index (χ1v) is 8.22. The van der Waals surface area contributed by atoms with Crippen LogP contribution < -0.4 is 5.32 Å². The average Bonchev–Trinajstić information content (AvgIpc) is 2.49. The highest BCUT2D eigenvalue weighted by Gasteiger charge is 2.20. The molecule has 2 aromatic rings. The summed E-state index contributed by atoms with van der Waals surface area (Å²) in [4.78, 5) is 0.320. The first-order chi connectivity index (χ1) is 10.0. The molecule has 5 heteroatoms. The maximum atomic E-state index is 12.5. The molecule has 0 atom stereocenters. The highest BCUT2D eigenvalue weighted by molar-refractivity contribution is 7.89. The molecule has 2 rings (SSSR count). The first kappa shape index (κ1) is 15.7.